The molecule has 0 spiro atoms. The predicted octanol–water partition coefficient (Wildman–Crippen LogP) is 3.45. The molecule has 1 aliphatic carbocycles. The summed E-state index contributed by atoms with van der Waals surface area (Å²) in [6.45, 7) is 5.28. The molecule has 2 aliphatic rings. The largest absolute Gasteiger partial charge is 0.352 e. The highest BCUT2D eigenvalue weighted by Gasteiger charge is 2.41. The van der Waals surface area contributed by atoms with E-state index in [4.69, 9.17) is 0 Å². The van der Waals surface area contributed by atoms with Crippen molar-refractivity contribution >= 4 is 11.7 Å². The van der Waals surface area contributed by atoms with E-state index >= 15 is 0 Å². The van der Waals surface area contributed by atoms with E-state index in [-0.39, 0.29) is 17.7 Å². The smallest absolute Gasteiger partial charge is 0.237 e. The van der Waals surface area contributed by atoms with Gasteiger partial charge in [0.05, 0.1) is 11.5 Å². The molecule has 0 unspecified atom stereocenters. The molecule has 1 saturated carbocycles. The number of likely N-dealkylation sites (tertiary alicyclic amines) is 1. The van der Waals surface area contributed by atoms with Gasteiger partial charge < -0.3 is 5.32 Å². The van der Waals surface area contributed by atoms with E-state index in [1.54, 1.807) is 6.92 Å². The van der Waals surface area contributed by atoms with Gasteiger partial charge in [-0.2, -0.15) is 0 Å². The highest BCUT2D eigenvalue weighted by Crippen LogP contribution is 2.37. The molecular weight excluding hydrogens is 324 g/mol. The first kappa shape index (κ1) is 19.1. The molecule has 26 heavy (non-hydrogen) atoms. The number of hydrogen-bond donors (Lipinski definition) is 1. The summed E-state index contributed by atoms with van der Waals surface area (Å²) >= 11 is 0. The molecule has 142 valence electrons. The van der Waals surface area contributed by atoms with Crippen molar-refractivity contribution in [2.45, 2.75) is 76.3 Å². The van der Waals surface area contributed by atoms with Crippen LogP contribution in [0.5, 0.6) is 0 Å². The normalized spacial score (nSPS) is 22.5. The Morgan fingerprint density at radius 2 is 1.69 bits per heavy atom. The molecule has 3 rings (SSSR count). The van der Waals surface area contributed by atoms with Gasteiger partial charge in [0.15, 0.2) is 0 Å². The van der Waals surface area contributed by atoms with Crippen molar-refractivity contribution in [3.05, 3.63) is 35.9 Å². The highest BCUT2D eigenvalue weighted by molar-refractivity contribution is 5.88. The molecule has 1 aromatic rings. The number of ketones is 1. The highest BCUT2D eigenvalue weighted by atomic mass is 16.2. The molecule has 0 radical (unpaired) electrons. The first-order valence-corrected chi connectivity index (χ1v) is 10.1. The Balaban J connectivity index is 1.61. The van der Waals surface area contributed by atoms with Gasteiger partial charge in [0.1, 0.15) is 5.78 Å². The van der Waals surface area contributed by atoms with Crippen molar-refractivity contribution in [1.82, 2.24) is 10.2 Å². The minimum absolute atomic E-state index is 0.127. The third-order valence-corrected chi connectivity index (χ3v) is 6.53. The molecule has 1 N–H and O–H groups in total. The van der Waals surface area contributed by atoms with Gasteiger partial charge in [-0.25, -0.2) is 0 Å². The zero-order valence-corrected chi connectivity index (χ0v) is 16.2. The Hall–Kier alpha value is -1.68. The predicted molar refractivity (Wildman–Crippen MR) is 104 cm³/mol. The van der Waals surface area contributed by atoms with E-state index in [0.29, 0.717) is 6.04 Å². The van der Waals surface area contributed by atoms with E-state index < -0.39 is 5.41 Å². The summed E-state index contributed by atoms with van der Waals surface area (Å²) in [6, 6.07) is 10.4. The summed E-state index contributed by atoms with van der Waals surface area (Å²) in [5.74, 6) is 0.384. The van der Waals surface area contributed by atoms with Gasteiger partial charge in [-0.05, 0) is 45.1 Å². The van der Waals surface area contributed by atoms with E-state index in [2.05, 4.69) is 22.3 Å². The molecule has 1 atom stereocenters. The second-order valence-electron chi connectivity index (χ2n) is 8.06. The lowest BCUT2D eigenvalue weighted by Crippen LogP contribution is -2.54. The fourth-order valence-electron chi connectivity index (χ4n) is 4.63. The van der Waals surface area contributed by atoms with Crippen molar-refractivity contribution in [3.8, 4) is 0 Å². The summed E-state index contributed by atoms with van der Waals surface area (Å²) in [7, 11) is 0. The number of amides is 1. The van der Waals surface area contributed by atoms with Gasteiger partial charge in [0.25, 0.3) is 0 Å². The summed E-state index contributed by atoms with van der Waals surface area (Å²) in [5, 5.41) is 3.24. The van der Waals surface area contributed by atoms with Gasteiger partial charge in [-0.1, -0.05) is 49.6 Å². The lowest BCUT2D eigenvalue weighted by atomic mass is 9.70. The van der Waals surface area contributed by atoms with Crippen LogP contribution in [0.2, 0.25) is 0 Å². The maximum Gasteiger partial charge on any atom is 0.237 e. The van der Waals surface area contributed by atoms with Crippen molar-refractivity contribution in [3.63, 3.8) is 0 Å². The quantitative estimate of drug-likeness (QED) is 0.879. The zero-order valence-electron chi connectivity index (χ0n) is 16.2. The minimum atomic E-state index is -0.392. The van der Waals surface area contributed by atoms with Crippen molar-refractivity contribution in [2.75, 3.05) is 13.1 Å². The van der Waals surface area contributed by atoms with Crippen LogP contribution in [0.15, 0.2) is 30.3 Å². The average molecular weight is 357 g/mol. The van der Waals surface area contributed by atoms with Crippen LogP contribution in [0.4, 0.5) is 0 Å². The number of benzene rings is 1. The molecule has 1 aliphatic heterocycles. The van der Waals surface area contributed by atoms with Crippen LogP contribution < -0.4 is 5.32 Å². The lowest BCUT2D eigenvalue weighted by molar-refractivity contribution is -0.128. The molecule has 2 fully saturated rings. The second kappa shape index (κ2) is 8.34. The third kappa shape index (κ3) is 4.01. The zero-order chi connectivity index (χ0) is 18.6. The summed E-state index contributed by atoms with van der Waals surface area (Å²) < 4.78 is 0. The van der Waals surface area contributed by atoms with Gasteiger partial charge in [0, 0.05) is 19.1 Å². The molecule has 0 bridgehead atoms. The van der Waals surface area contributed by atoms with Gasteiger partial charge >= 0.3 is 0 Å². The number of rotatable bonds is 5. The van der Waals surface area contributed by atoms with Gasteiger partial charge in [-0.3, -0.25) is 14.5 Å². The molecular formula is C22H32N2O2. The Kier molecular flexibility index (Phi) is 6.13. The maximum absolute atomic E-state index is 12.7. The van der Waals surface area contributed by atoms with Gasteiger partial charge in [0.2, 0.25) is 5.91 Å². The Morgan fingerprint density at radius 1 is 1.08 bits per heavy atom. The summed E-state index contributed by atoms with van der Waals surface area (Å²) in [6.07, 6.45) is 7.53. The SMILES string of the molecule is CC(=O)C1(c2ccccc2)CCN([C@@H](C)C(=O)NC2CCCCC2)CC1. The number of hydrogen-bond acceptors (Lipinski definition) is 3. The number of Topliss-reactive ketones (excluding diaryl/α,β-unsaturated/α-hetero) is 1. The van der Waals surface area contributed by atoms with E-state index in [1.165, 1.54) is 19.3 Å². The standard InChI is InChI=1S/C22H32N2O2/c1-17(21(26)23-20-11-7-4-8-12-20)24-15-13-22(14-16-24,18(2)25)19-9-5-3-6-10-19/h3,5-6,9-10,17,20H,4,7-8,11-16H2,1-2H3,(H,23,26)/t17-/m0/s1. The van der Waals surface area contributed by atoms with E-state index in [1.807, 2.05) is 25.1 Å². The van der Waals surface area contributed by atoms with Crippen LogP contribution in [0.3, 0.4) is 0 Å². The first-order chi connectivity index (χ1) is 12.5. The van der Waals surface area contributed by atoms with Crippen LogP contribution in [-0.4, -0.2) is 41.8 Å². The maximum atomic E-state index is 12.7. The number of nitrogens with one attached hydrogen (secondary N) is 1. The van der Waals surface area contributed by atoms with Crippen molar-refractivity contribution in [2.24, 2.45) is 0 Å². The van der Waals surface area contributed by atoms with Crippen LogP contribution in [0.25, 0.3) is 0 Å². The molecule has 0 aromatic heterocycles. The molecule has 1 amide bonds. The number of nitrogens with zero attached hydrogens (tertiary/aromatic N) is 1. The Bertz CT molecular complexity index is 614. The molecule has 1 saturated heterocycles. The molecule has 4 heteroatoms. The van der Waals surface area contributed by atoms with Crippen molar-refractivity contribution in [1.29, 1.82) is 0 Å². The lowest BCUT2D eigenvalue weighted by Gasteiger charge is -2.42. The minimum Gasteiger partial charge on any atom is -0.352 e. The monoisotopic (exact) mass is 356 g/mol. The number of carbonyl (C=O) groups is 2. The first-order valence-electron chi connectivity index (χ1n) is 10.1. The van der Waals surface area contributed by atoms with Crippen LogP contribution in [0, 0.1) is 0 Å². The van der Waals surface area contributed by atoms with Crippen LogP contribution in [-0.2, 0) is 15.0 Å². The second-order valence-corrected chi connectivity index (χ2v) is 8.06. The third-order valence-electron chi connectivity index (χ3n) is 6.53. The van der Waals surface area contributed by atoms with E-state index in [9.17, 15) is 9.59 Å². The fourth-order valence-corrected chi connectivity index (χ4v) is 4.63. The summed E-state index contributed by atoms with van der Waals surface area (Å²) in [5.41, 5.74) is 0.726. The Labute approximate surface area is 157 Å². The summed E-state index contributed by atoms with van der Waals surface area (Å²) in [4.78, 5) is 27.4. The number of carbonyl (C=O) groups excluding carboxylic acids is 2. The Morgan fingerprint density at radius 3 is 2.27 bits per heavy atom. The molecule has 4 nitrogen and oxygen atoms in total. The van der Waals surface area contributed by atoms with Crippen molar-refractivity contribution < 1.29 is 9.59 Å². The fraction of sp³-hybridized carbons (Fsp3) is 0.636. The van der Waals surface area contributed by atoms with Gasteiger partial charge in [-0.15, -0.1) is 0 Å². The topological polar surface area (TPSA) is 49.4 Å². The van der Waals surface area contributed by atoms with Crippen LogP contribution in [0.1, 0.15) is 64.4 Å². The van der Waals surface area contributed by atoms with Crippen LogP contribution >= 0.6 is 0 Å². The van der Waals surface area contributed by atoms with E-state index in [0.717, 1.165) is 44.3 Å². The molecule has 1 aromatic carbocycles. The molecule has 1 heterocycles. The number of piperidine rings is 1. The average Bonchev–Trinajstić information content (AvgIpc) is 2.68.